The van der Waals surface area contributed by atoms with Gasteiger partial charge in [0, 0.05) is 37.7 Å². The predicted molar refractivity (Wildman–Crippen MR) is 74.4 cm³/mol. The van der Waals surface area contributed by atoms with Crippen LogP contribution in [-0.2, 0) is 9.59 Å². The Kier molecular flexibility index (Phi) is 3.44. The number of carbonyl (C=O) groups is 2. The molecule has 2 fully saturated rings. The molecule has 0 saturated carbocycles. The summed E-state index contributed by atoms with van der Waals surface area (Å²) in [4.78, 5) is 25.3. The van der Waals surface area contributed by atoms with E-state index in [0.717, 1.165) is 24.3 Å². The van der Waals surface area contributed by atoms with Gasteiger partial charge < -0.3 is 10.0 Å². The van der Waals surface area contributed by atoms with Crippen LogP contribution in [-0.4, -0.2) is 36.6 Å². The number of imide groups is 1. The highest BCUT2D eigenvalue weighted by Gasteiger charge is 2.30. The van der Waals surface area contributed by atoms with Gasteiger partial charge in [-0.2, -0.15) is 0 Å². The minimum Gasteiger partial charge on any atom is -0.396 e. The van der Waals surface area contributed by atoms with Gasteiger partial charge in [-0.25, -0.2) is 0 Å². The summed E-state index contributed by atoms with van der Waals surface area (Å²) in [6.07, 6.45) is 0.977. The number of carbonyl (C=O) groups excluding carboxylic acids is 2. The fraction of sp³-hybridized carbons (Fsp3) is 0.467. The molecule has 20 heavy (non-hydrogen) atoms. The zero-order valence-electron chi connectivity index (χ0n) is 11.2. The fourth-order valence-corrected chi connectivity index (χ4v) is 2.85. The van der Waals surface area contributed by atoms with Crippen molar-refractivity contribution in [1.82, 2.24) is 5.32 Å². The van der Waals surface area contributed by atoms with Crippen molar-refractivity contribution < 1.29 is 14.7 Å². The van der Waals surface area contributed by atoms with E-state index >= 15 is 0 Å². The van der Waals surface area contributed by atoms with Crippen molar-refractivity contribution in [3.63, 3.8) is 0 Å². The average Bonchev–Trinajstić information content (AvgIpc) is 2.38. The van der Waals surface area contributed by atoms with Crippen LogP contribution in [0.1, 0.15) is 24.3 Å². The molecule has 2 N–H and O–H groups in total. The smallest absolute Gasteiger partial charge is 0.234 e. The Morgan fingerprint density at radius 3 is 2.80 bits per heavy atom. The van der Waals surface area contributed by atoms with Crippen LogP contribution in [0.5, 0.6) is 0 Å². The first kappa shape index (κ1) is 13.1. The van der Waals surface area contributed by atoms with Crippen LogP contribution >= 0.6 is 0 Å². The zero-order valence-corrected chi connectivity index (χ0v) is 11.2. The maximum absolute atomic E-state index is 11.9. The van der Waals surface area contributed by atoms with Gasteiger partial charge >= 0.3 is 0 Å². The standard InChI is InChI=1S/C15H18N2O3/c18-9-10-7-17(8-10)12-3-1-2-11(6-12)13-4-5-14(19)16-15(13)20/h1-3,6,10,13,18H,4-5,7-9H2,(H,16,19,20). The summed E-state index contributed by atoms with van der Waals surface area (Å²) in [6.45, 7) is 1.94. The van der Waals surface area contributed by atoms with Gasteiger partial charge in [-0.3, -0.25) is 14.9 Å². The molecule has 0 spiro atoms. The first-order valence-corrected chi connectivity index (χ1v) is 6.97. The summed E-state index contributed by atoms with van der Waals surface area (Å²) < 4.78 is 0. The van der Waals surface area contributed by atoms with Gasteiger partial charge in [0.05, 0.1) is 5.92 Å². The molecule has 2 saturated heterocycles. The molecule has 0 bridgehead atoms. The van der Waals surface area contributed by atoms with E-state index in [2.05, 4.69) is 10.2 Å². The Balaban J connectivity index is 1.74. The number of benzene rings is 1. The lowest BCUT2D eigenvalue weighted by Crippen LogP contribution is -2.48. The fourth-order valence-electron chi connectivity index (χ4n) is 2.85. The molecular weight excluding hydrogens is 256 g/mol. The second kappa shape index (κ2) is 5.25. The number of nitrogens with zero attached hydrogens (tertiary/aromatic N) is 1. The molecule has 3 rings (SSSR count). The SMILES string of the molecule is O=C1CCC(c2cccc(N3CC(CO)C3)c2)C(=O)N1. The Morgan fingerprint density at radius 1 is 1.30 bits per heavy atom. The van der Waals surface area contributed by atoms with Gasteiger partial charge in [-0.15, -0.1) is 0 Å². The largest absolute Gasteiger partial charge is 0.396 e. The van der Waals surface area contributed by atoms with Crippen LogP contribution in [0.15, 0.2) is 24.3 Å². The average molecular weight is 274 g/mol. The van der Waals surface area contributed by atoms with Crippen molar-refractivity contribution >= 4 is 17.5 Å². The summed E-state index contributed by atoms with van der Waals surface area (Å²) in [5.74, 6) is -0.261. The van der Waals surface area contributed by atoms with Crippen molar-refractivity contribution in [2.45, 2.75) is 18.8 Å². The van der Waals surface area contributed by atoms with E-state index in [1.807, 2.05) is 24.3 Å². The lowest BCUT2D eigenvalue weighted by atomic mass is 9.89. The summed E-state index contributed by atoms with van der Waals surface area (Å²) in [5.41, 5.74) is 2.04. The van der Waals surface area contributed by atoms with Crippen molar-refractivity contribution in [3.8, 4) is 0 Å². The van der Waals surface area contributed by atoms with E-state index in [4.69, 9.17) is 5.11 Å². The Bertz CT molecular complexity index is 538. The Hall–Kier alpha value is -1.88. The van der Waals surface area contributed by atoms with Crippen molar-refractivity contribution in [2.24, 2.45) is 5.92 Å². The molecule has 2 aliphatic heterocycles. The second-order valence-electron chi connectivity index (χ2n) is 5.55. The van der Waals surface area contributed by atoms with Crippen LogP contribution in [0.25, 0.3) is 0 Å². The lowest BCUT2D eigenvalue weighted by Gasteiger charge is -2.40. The van der Waals surface area contributed by atoms with E-state index in [1.165, 1.54) is 0 Å². The molecule has 2 amide bonds. The number of nitrogens with one attached hydrogen (secondary N) is 1. The van der Waals surface area contributed by atoms with Gasteiger partial charge in [0.1, 0.15) is 0 Å². The number of hydrogen-bond acceptors (Lipinski definition) is 4. The number of anilines is 1. The molecule has 1 atom stereocenters. The third-order valence-electron chi connectivity index (χ3n) is 4.09. The molecule has 1 aromatic rings. The summed E-state index contributed by atoms with van der Waals surface area (Å²) in [7, 11) is 0. The molecule has 5 nitrogen and oxygen atoms in total. The molecule has 106 valence electrons. The monoisotopic (exact) mass is 274 g/mol. The first-order valence-electron chi connectivity index (χ1n) is 6.97. The molecule has 0 aliphatic carbocycles. The maximum Gasteiger partial charge on any atom is 0.234 e. The first-order chi connectivity index (χ1) is 9.67. The van der Waals surface area contributed by atoms with E-state index in [0.29, 0.717) is 18.8 Å². The third-order valence-corrected chi connectivity index (χ3v) is 4.09. The number of piperidine rings is 1. The highest BCUT2D eigenvalue weighted by molar-refractivity contribution is 6.01. The molecular formula is C15H18N2O3. The van der Waals surface area contributed by atoms with E-state index in [9.17, 15) is 9.59 Å². The topological polar surface area (TPSA) is 69.6 Å². The Morgan fingerprint density at radius 2 is 2.10 bits per heavy atom. The quantitative estimate of drug-likeness (QED) is 0.793. The van der Waals surface area contributed by atoms with Crippen molar-refractivity contribution in [2.75, 3.05) is 24.6 Å². The number of rotatable bonds is 3. The number of hydrogen-bond donors (Lipinski definition) is 2. The lowest BCUT2D eigenvalue weighted by molar-refractivity contribution is -0.134. The Labute approximate surface area is 117 Å². The third kappa shape index (κ3) is 2.41. The molecule has 0 aromatic heterocycles. The van der Waals surface area contributed by atoms with E-state index in [1.54, 1.807) is 0 Å². The molecule has 1 unspecified atom stereocenters. The van der Waals surface area contributed by atoms with Crippen molar-refractivity contribution in [1.29, 1.82) is 0 Å². The van der Waals surface area contributed by atoms with Crippen molar-refractivity contribution in [3.05, 3.63) is 29.8 Å². The van der Waals surface area contributed by atoms with Gasteiger partial charge in [0.2, 0.25) is 11.8 Å². The van der Waals surface area contributed by atoms with Gasteiger partial charge in [-0.05, 0) is 24.1 Å². The van der Waals surface area contributed by atoms with Crippen LogP contribution in [0.3, 0.4) is 0 Å². The molecule has 5 heteroatoms. The zero-order chi connectivity index (χ0) is 14.1. The molecule has 2 aliphatic rings. The maximum atomic E-state index is 11.9. The van der Waals surface area contributed by atoms with E-state index in [-0.39, 0.29) is 24.3 Å². The molecule has 0 radical (unpaired) electrons. The molecule has 2 heterocycles. The van der Waals surface area contributed by atoms with Crippen LogP contribution < -0.4 is 10.2 Å². The summed E-state index contributed by atoms with van der Waals surface area (Å²) in [6, 6.07) is 7.92. The van der Waals surface area contributed by atoms with E-state index < -0.39 is 0 Å². The highest BCUT2D eigenvalue weighted by atomic mass is 16.3. The minimum absolute atomic E-state index is 0.184. The second-order valence-corrected chi connectivity index (χ2v) is 5.55. The minimum atomic E-state index is -0.234. The predicted octanol–water partition coefficient (Wildman–Crippen LogP) is 0.635. The van der Waals surface area contributed by atoms with Crippen LogP contribution in [0.2, 0.25) is 0 Å². The summed E-state index contributed by atoms with van der Waals surface area (Å²) in [5, 5.41) is 11.5. The number of amides is 2. The van der Waals surface area contributed by atoms with Crippen LogP contribution in [0.4, 0.5) is 5.69 Å². The summed E-state index contributed by atoms with van der Waals surface area (Å²) >= 11 is 0. The normalized spacial score (nSPS) is 23.4. The van der Waals surface area contributed by atoms with Gasteiger partial charge in [-0.1, -0.05) is 12.1 Å². The van der Waals surface area contributed by atoms with Crippen LogP contribution in [0, 0.1) is 5.92 Å². The molecule has 1 aromatic carbocycles. The highest BCUT2D eigenvalue weighted by Crippen LogP contribution is 2.30. The van der Waals surface area contributed by atoms with Gasteiger partial charge in [0.15, 0.2) is 0 Å². The number of aliphatic hydroxyl groups excluding tert-OH is 1. The number of aliphatic hydroxyl groups is 1. The van der Waals surface area contributed by atoms with Gasteiger partial charge in [0.25, 0.3) is 0 Å².